The Hall–Kier alpha value is -2.82. The van der Waals surface area contributed by atoms with E-state index in [0.29, 0.717) is 5.88 Å². The van der Waals surface area contributed by atoms with Gasteiger partial charge in [-0.1, -0.05) is 35.2 Å². The van der Waals surface area contributed by atoms with Crippen LogP contribution >= 0.6 is 0 Å². The van der Waals surface area contributed by atoms with Crippen molar-refractivity contribution in [3.8, 4) is 5.88 Å². The van der Waals surface area contributed by atoms with Gasteiger partial charge in [0.25, 0.3) is 0 Å². The molecule has 0 saturated carbocycles. The number of nitrogens with one attached hydrogen (secondary N) is 1. The number of H-pyrrole nitrogens is 1. The van der Waals surface area contributed by atoms with E-state index in [2.05, 4.69) is 15.3 Å². The highest BCUT2D eigenvalue weighted by Crippen LogP contribution is 2.21. The summed E-state index contributed by atoms with van der Waals surface area (Å²) in [4.78, 5) is 10.3. The summed E-state index contributed by atoms with van der Waals surface area (Å²) in [6, 6.07) is 17.6. The SMILES string of the molecule is c1ccc2[nH]c(On3nnc4ccccc43)cc2c1. The molecule has 19 heavy (non-hydrogen) atoms. The van der Waals surface area contributed by atoms with Crippen LogP contribution in [0.25, 0.3) is 21.9 Å². The van der Waals surface area contributed by atoms with Crippen molar-refractivity contribution in [2.24, 2.45) is 0 Å². The Kier molecular flexibility index (Phi) is 2.05. The van der Waals surface area contributed by atoms with E-state index in [1.54, 1.807) is 0 Å². The van der Waals surface area contributed by atoms with Crippen molar-refractivity contribution in [1.29, 1.82) is 0 Å². The molecule has 0 radical (unpaired) electrons. The molecule has 2 aromatic heterocycles. The molecule has 0 bridgehead atoms. The summed E-state index contributed by atoms with van der Waals surface area (Å²) in [5.41, 5.74) is 2.67. The minimum absolute atomic E-state index is 0.636. The minimum atomic E-state index is 0.636. The van der Waals surface area contributed by atoms with Crippen molar-refractivity contribution in [2.45, 2.75) is 0 Å². The summed E-state index contributed by atoms with van der Waals surface area (Å²) < 4.78 is 0. The van der Waals surface area contributed by atoms with Crippen molar-refractivity contribution in [3.05, 3.63) is 54.6 Å². The second kappa shape index (κ2) is 3.84. The highest BCUT2D eigenvalue weighted by molar-refractivity contribution is 5.81. The first-order valence-corrected chi connectivity index (χ1v) is 5.97. The van der Waals surface area contributed by atoms with E-state index in [0.717, 1.165) is 21.9 Å². The zero-order valence-corrected chi connectivity index (χ0v) is 9.95. The molecular weight excluding hydrogens is 240 g/mol. The lowest BCUT2D eigenvalue weighted by molar-refractivity contribution is 0.177. The molecular formula is C14H10N4O. The molecule has 0 atom stereocenters. The lowest BCUT2D eigenvalue weighted by atomic mass is 10.3. The van der Waals surface area contributed by atoms with Crippen LogP contribution in [0.4, 0.5) is 0 Å². The minimum Gasteiger partial charge on any atom is -0.338 e. The topological polar surface area (TPSA) is 55.7 Å². The molecule has 5 nitrogen and oxygen atoms in total. The van der Waals surface area contributed by atoms with Crippen LogP contribution in [-0.4, -0.2) is 20.1 Å². The first-order valence-electron chi connectivity index (χ1n) is 5.97. The normalized spacial score (nSPS) is 11.2. The van der Waals surface area contributed by atoms with Gasteiger partial charge in [0, 0.05) is 17.0 Å². The van der Waals surface area contributed by atoms with Crippen LogP contribution in [0.5, 0.6) is 5.88 Å². The number of fused-ring (bicyclic) bond motifs is 2. The fourth-order valence-electron chi connectivity index (χ4n) is 2.10. The summed E-state index contributed by atoms with van der Waals surface area (Å²) in [7, 11) is 0. The molecule has 0 aliphatic carbocycles. The molecule has 0 unspecified atom stereocenters. The zero-order valence-electron chi connectivity index (χ0n) is 9.95. The molecule has 92 valence electrons. The molecule has 0 spiro atoms. The second-order valence-corrected chi connectivity index (χ2v) is 4.26. The van der Waals surface area contributed by atoms with Gasteiger partial charge in [-0.05, 0) is 23.4 Å². The summed E-state index contributed by atoms with van der Waals surface area (Å²) in [5, 5.41) is 9.13. The average molecular weight is 250 g/mol. The van der Waals surface area contributed by atoms with E-state index >= 15 is 0 Å². The largest absolute Gasteiger partial charge is 0.338 e. The van der Waals surface area contributed by atoms with Gasteiger partial charge in [0.15, 0.2) is 0 Å². The lowest BCUT2D eigenvalue weighted by Crippen LogP contribution is -2.07. The predicted molar refractivity (Wildman–Crippen MR) is 71.9 cm³/mol. The smallest absolute Gasteiger partial charge is 0.228 e. The van der Waals surface area contributed by atoms with E-state index < -0.39 is 0 Å². The van der Waals surface area contributed by atoms with E-state index in [4.69, 9.17) is 4.84 Å². The Morgan fingerprint density at radius 2 is 1.84 bits per heavy atom. The van der Waals surface area contributed by atoms with Crippen LogP contribution < -0.4 is 4.84 Å². The van der Waals surface area contributed by atoms with E-state index in [1.807, 2.05) is 54.6 Å². The van der Waals surface area contributed by atoms with Crippen LogP contribution in [0.2, 0.25) is 0 Å². The number of nitrogens with zero attached hydrogens (tertiary/aromatic N) is 3. The molecule has 0 aliphatic rings. The van der Waals surface area contributed by atoms with Crippen molar-refractivity contribution in [1.82, 2.24) is 20.1 Å². The molecule has 0 saturated heterocycles. The summed E-state index contributed by atoms with van der Waals surface area (Å²) >= 11 is 0. The van der Waals surface area contributed by atoms with Crippen LogP contribution in [0.15, 0.2) is 54.6 Å². The fourth-order valence-corrected chi connectivity index (χ4v) is 2.10. The number of aromatic amines is 1. The van der Waals surface area contributed by atoms with Gasteiger partial charge >= 0.3 is 0 Å². The van der Waals surface area contributed by atoms with Crippen molar-refractivity contribution in [2.75, 3.05) is 0 Å². The number of hydrogen-bond acceptors (Lipinski definition) is 3. The third kappa shape index (κ3) is 1.63. The van der Waals surface area contributed by atoms with E-state index in [1.165, 1.54) is 4.85 Å². The quantitative estimate of drug-likeness (QED) is 0.595. The van der Waals surface area contributed by atoms with Gasteiger partial charge in [-0.25, -0.2) is 0 Å². The summed E-state index contributed by atoms with van der Waals surface area (Å²) in [6.07, 6.45) is 0. The van der Waals surface area contributed by atoms with Crippen LogP contribution in [0, 0.1) is 0 Å². The van der Waals surface area contributed by atoms with Gasteiger partial charge < -0.3 is 9.82 Å². The molecule has 4 aromatic rings. The summed E-state index contributed by atoms with van der Waals surface area (Å²) in [5.74, 6) is 0.636. The molecule has 2 aromatic carbocycles. The van der Waals surface area contributed by atoms with Crippen molar-refractivity contribution >= 4 is 21.9 Å². The number of hydrogen-bond donors (Lipinski definition) is 1. The summed E-state index contributed by atoms with van der Waals surface area (Å²) in [6.45, 7) is 0. The molecule has 2 heterocycles. The second-order valence-electron chi connectivity index (χ2n) is 4.26. The van der Waals surface area contributed by atoms with Gasteiger partial charge in [0.1, 0.15) is 11.0 Å². The number of benzene rings is 2. The first-order chi connectivity index (χ1) is 9.40. The Balaban J connectivity index is 1.78. The Labute approximate surface area is 108 Å². The molecule has 5 heteroatoms. The maximum atomic E-state index is 5.70. The first kappa shape index (κ1) is 10.1. The molecule has 0 aliphatic heterocycles. The number of aromatic nitrogens is 4. The van der Waals surface area contributed by atoms with Crippen LogP contribution in [0.3, 0.4) is 0 Å². The zero-order chi connectivity index (χ0) is 12.7. The molecule has 0 amide bonds. The highest BCUT2D eigenvalue weighted by Gasteiger charge is 2.07. The Morgan fingerprint density at radius 3 is 2.79 bits per heavy atom. The van der Waals surface area contributed by atoms with Gasteiger partial charge in [0.2, 0.25) is 5.88 Å². The maximum Gasteiger partial charge on any atom is 0.228 e. The predicted octanol–water partition coefficient (Wildman–Crippen LogP) is 2.75. The fraction of sp³-hybridized carbons (Fsp3) is 0. The van der Waals surface area contributed by atoms with E-state index in [9.17, 15) is 0 Å². The van der Waals surface area contributed by atoms with Gasteiger partial charge in [-0.15, -0.1) is 5.10 Å². The molecule has 4 rings (SSSR count). The third-order valence-electron chi connectivity index (χ3n) is 3.01. The Morgan fingerprint density at radius 1 is 1.00 bits per heavy atom. The Bertz CT molecular complexity index is 829. The molecule has 0 fully saturated rings. The van der Waals surface area contributed by atoms with Gasteiger partial charge in [-0.2, -0.15) is 0 Å². The van der Waals surface area contributed by atoms with Gasteiger partial charge in [-0.3, -0.25) is 0 Å². The third-order valence-corrected chi connectivity index (χ3v) is 3.01. The lowest BCUT2D eigenvalue weighted by Gasteiger charge is -2.00. The standard InChI is InChI=1S/C14H10N4O/c1-2-6-11-10(5-1)9-14(15-11)19-18-13-8-4-3-7-12(13)16-17-18/h1-9,15H. The van der Waals surface area contributed by atoms with E-state index in [-0.39, 0.29) is 0 Å². The van der Waals surface area contributed by atoms with Crippen molar-refractivity contribution in [3.63, 3.8) is 0 Å². The van der Waals surface area contributed by atoms with Gasteiger partial charge in [0.05, 0.1) is 0 Å². The number of rotatable bonds is 2. The van der Waals surface area contributed by atoms with Crippen molar-refractivity contribution < 1.29 is 4.84 Å². The van der Waals surface area contributed by atoms with Crippen LogP contribution in [0.1, 0.15) is 0 Å². The molecule has 1 N–H and O–H groups in total. The van der Waals surface area contributed by atoms with Crippen LogP contribution in [-0.2, 0) is 0 Å². The highest BCUT2D eigenvalue weighted by atomic mass is 16.7. The average Bonchev–Trinajstić information content (AvgIpc) is 3.03. The monoisotopic (exact) mass is 250 g/mol. The maximum absolute atomic E-state index is 5.70. The number of para-hydroxylation sites is 2.